The van der Waals surface area contributed by atoms with Crippen molar-refractivity contribution in [2.75, 3.05) is 0 Å². The van der Waals surface area contributed by atoms with Crippen LogP contribution in [0.3, 0.4) is 0 Å². The Morgan fingerprint density at radius 3 is 2.89 bits per heavy atom. The highest BCUT2D eigenvalue weighted by atomic mass is 15.3. The van der Waals surface area contributed by atoms with Gasteiger partial charge in [-0.3, -0.25) is 9.67 Å². The molecule has 0 unspecified atom stereocenters. The van der Waals surface area contributed by atoms with Gasteiger partial charge in [-0.05, 0) is 31.0 Å². The van der Waals surface area contributed by atoms with Gasteiger partial charge < -0.3 is 0 Å². The van der Waals surface area contributed by atoms with Gasteiger partial charge in [0, 0.05) is 23.1 Å². The Balaban J connectivity index is 2.28. The molecule has 4 heteroatoms. The molecule has 0 radical (unpaired) electrons. The number of pyridine rings is 1. The van der Waals surface area contributed by atoms with Crippen LogP contribution in [0, 0.1) is 18.3 Å². The Kier molecular flexibility index (Phi) is 3.73. The van der Waals surface area contributed by atoms with Crippen LogP contribution in [0.5, 0.6) is 0 Å². The summed E-state index contributed by atoms with van der Waals surface area (Å²) >= 11 is 0. The van der Waals surface area contributed by atoms with Gasteiger partial charge in [0.15, 0.2) is 0 Å². The molecule has 92 valence electrons. The first kappa shape index (κ1) is 12.3. The van der Waals surface area contributed by atoms with Crippen LogP contribution < -0.4 is 0 Å². The summed E-state index contributed by atoms with van der Waals surface area (Å²) in [4.78, 5) is 4.46. The zero-order chi connectivity index (χ0) is 13.0. The molecule has 0 aliphatic rings. The lowest BCUT2D eigenvalue weighted by Gasteiger charge is -2.03. The van der Waals surface area contributed by atoms with Crippen molar-refractivity contribution in [3.63, 3.8) is 0 Å². The van der Waals surface area contributed by atoms with Gasteiger partial charge in [-0.25, -0.2) is 0 Å². The van der Waals surface area contributed by atoms with Gasteiger partial charge in [-0.15, -0.1) is 0 Å². The van der Waals surface area contributed by atoms with Gasteiger partial charge in [0.25, 0.3) is 0 Å². The van der Waals surface area contributed by atoms with Crippen molar-refractivity contribution in [2.24, 2.45) is 0 Å². The van der Waals surface area contributed by atoms with Crippen LogP contribution in [-0.4, -0.2) is 14.8 Å². The second-order valence-electron chi connectivity index (χ2n) is 4.24. The van der Waals surface area contributed by atoms with Crippen molar-refractivity contribution >= 4 is 0 Å². The lowest BCUT2D eigenvalue weighted by Crippen LogP contribution is -1.96. The number of hydrogen-bond donors (Lipinski definition) is 0. The summed E-state index contributed by atoms with van der Waals surface area (Å²) in [6.45, 7) is 4.74. The fourth-order valence-electron chi connectivity index (χ4n) is 1.88. The maximum Gasteiger partial charge on any atom is 0.0641 e. The van der Waals surface area contributed by atoms with E-state index in [1.54, 1.807) is 4.68 Å². The van der Waals surface area contributed by atoms with E-state index in [9.17, 15) is 0 Å². The predicted molar refractivity (Wildman–Crippen MR) is 69.8 cm³/mol. The number of rotatable bonds is 4. The van der Waals surface area contributed by atoms with Crippen molar-refractivity contribution in [3.8, 4) is 17.2 Å². The third-order valence-electron chi connectivity index (χ3n) is 2.79. The van der Waals surface area contributed by atoms with E-state index < -0.39 is 0 Å². The summed E-state index contributed by atoms with van der Waals surface area (Å²) in [6.07, 6.45) is 5.23. The van der Waals surface area contributed by atoms with Crippen LogP contribution in [-0.2, 0) is 13.0 Å². The summed E-state index contributed by atoms with van der Waals surface area (Å²) in [5.74, 6) is 0. The molecule has 0 amide bonds. The minimum Gasteiger partial charge on any atom is -0.271 e. The molecule has 2 aromatic heterocycles. The molecule has 2 aromatic rings. The van der Waals surface area contributed by atoms with Crippen molar-refractivity contribution in [3.05, 3.63) is 35.9 Å². The molecule has 0 saturated carbocycles. The standard InChI is InChI=1S/C14H16N4/c1-3-14-8-12(7-11(2)17-14)13-9-16-18(10-13)6-4-5-15/h7-10H,3-4,6H2,1-2H3. The molecule has 0 N–H and O–H groups in total. The third kappa shape index (κ3) is 2.75. The fraction of sp³-hybridized carbons (Fsp3) is 0.357. The van der Waals surface area contributed by atoms with Gasteiger partial charge in [-0.2, -0.15) is 10.4 Å². The number of nitriles is 1. The minimum atomic E-state index is 0.483. The van der Waals surface area contributed by atoms with E-state index in [1.807, 2.05) is 19.3 Å². The molecule has 0 bridgehead atoms. The Bertz CT molecular complexity index is 578. The van der Waals surface area contributed by atoms with E-state index in [0.29, 0.717) is 13.0 Å². The van der Waals surface area contributed by atoms with E-state index in [1.165, 1.54) is 0 Å². The van der Waals surface area contributed by atoms with Gasteiger partial charge in [0.2, 0.25) is 0 Å². The summed E-state index contributed by atoms with van der Waals surface area (Å²) in [5.41, 5.74) is 4.33. The lowest BCUT2D eigenvalue weighted by molar-refractivity contribution is 0.628. The Hall–Kier alpha value is -2.15. The maximum atomic E-state index is 8.56. The number of aryl methyl sites for hydroxylation is 3. The summed E-state index contributed by atoms with van der Waals surface area (Å²) in [5, 5.41) is 12.8. The predicted octanol–water partition coefficient (Wildman–Crippen LogP) is 2.73. The van der Waals surface area contributed by atoms with Crippen LogP contribution in [0.2, 0.25) is 0 Å². The molecule has 0 aliphatic heterocycles. The third-order valence-corrected chi connectivity index (χ3v) is 2.79. The van der Waals surface area contributed by atoms with Gasteiger partial charge >= 0.3 is 0 Å². The van der Waals surface area contributed by atoms with Gasteiger partial charge in [0.05, 0.1) is 25.2 Å². The molecular formula is C14H16N4. The molecule has 0 saturated heterocycles. The number of aromatic nitrogens is 3. The van der Waals surface area contributed by atoms with Crippen molar-refractivity contribution in [1.82, 2.24) is 14.8 Å². The van der Waals surface area contributed by atoms with Crippen molar-refractivity contribution < 1.29 is 0 Å². The van der Waals surface area contributed by atoms with Gasteiger partial charge in [0.1, 0.15) is 0 Å². The Morgan fingerprint density at radius 1 is 1.33 bits per heavy atom. The number of hydrogen-bond acceptors (Lipinski definition) is 3. The Labute approximate surface area is 107 Å². The molecular weight excluding hydrogens is 224 g/mol. The second-order valence-corrected chi connectivity index (χ2v) is 4.24. The van der Waals surface area contributed by atoms with Crippen LogP contribution in [0.25, 0.3) is 11.1 Å². The first-order valence-corrected chi connectivity index (χ1v) is 6.10. The van der Waals surface area contributed by atoms with E-state index >= 15 is 0 Å². The van der Waals surface area contributed by atoms with Crippen LogP contribution in [0.4, 0.5) is 0 Å². The zero-order valence-electron chi connectivity index (χ0n) is 10.7. The number of nitrogens with zero attached hydrogens (tertiary/aromatic N) is 4. The molecule has 2 rings (SSSR count). The summed E-state index contributed by atoms with van der Waals surface area (Å²) in [7, 11) is 0. The average molecular weight is 240 g/mol. The van der Waals surface area contributed by atoms with Crippen LogP contribution >= 0.6 is 0 Å². The molecule has 4 nitrogen and oxygen atoms in total. The summed E-state index contributed by atoms with van der Waals surface area (Å²) < 4.78 is 1.81. The fourth-order valence-corrected chi connectivity index (χ4v) is 1.88. The summed E-state index contributed by atoms with van der Waals surface area (Å²) in [6, 6.07) is 6.28. The second kappa shape index (κ2) is 5.46. The maximum absolute atomic E-state index is 8.56. The molecule has 0 spiro atoms. The molecule has 18 heavy (non-hydrogen) atoms. The first-order chi connectivity index (χ1) is 8.72. The highest BCUT2D eigenvalue weighted by molar-refractivity contribution is 5.62. The zero-order valence-corrected chi connectivity index (χ0v) is 10.7. The molecule has 0 atom stereocenters. The smallest absolute Gasteiger partial charge is 0.0641 e. The monoisotopic (exact) mass is 240 g/mol. The molecule has 0 fully saturated rings. The van der Waals surface area contributed by atoms with E-state index in [2.05, 4.69) is 35.2 Å². The van der Waals surface area contributed by atoms with Crippen molar-refractivity contribution in [1.29, 1.82) is 5.26 Å². The quantitative estimate of drug-likeness (QED) is 0.825. The Morgan fingerprint density at radius 2 is 2.17 bits per heavy atom. The van der Waals surface area contributed by atoms with Gasteiger partial charge in [-0.1, -0.05) is 6.92 Å². The van der Waals surface area contributed by atoms with E-state index in [4.69, 9.17) is 5.26 Å². The van der Waals surface area contributed by atoms with Crippen molar-refractivity contribution in [2.45, 2.75) is 33.2 Å². The molecule has 0 aliphatic carbocycles. The van der Waals surface area contributed by atoms with Crippen LogP contribution in [0.1, 0.15) is 24.7 Å². The largest absolute Gasteiger partial charge is 0.271 e. The molecule has 2 heterocycles. The minimum absolute atomic E-state index is 0.483. The van der Waals surface area contributed by atoms with E-state index in [0.717, 1.165) is 28.9 Å². The lowest BCUT2D eigenvalue weighted by atomic mass is 10.1. The highest BCUT2D eigenvalue weighted by Gasteiger charge is 2.04. The topological polar surface area (TPSA) is 54.5 Å². The SMILES string of the molecule is CCc1cc(-c2cnn(CCC#N)c2)cc(C)n1. The van der Waals surface area contributed by atoms with Crippen LogP contribution in [0.15, 0.2) is 24.5 Å². The van der Waals surface area contributed by atoms with E-state index in [-0.39, 0.29) is 0 Å². The highest BCUT2D eigenvalue weighted by Crippen LogP contribution is 2.20. The normalized spacial score (nSPS) is 10.3. The molecule has 0 aromatic carbocycles. The first-order valence-electron chi connectivity index (χ1n) is 6.10. The average Bonchev–Trinajstić information content (AvgIpc) is 2.84.